The van der Waals surface area contributed by atoms with E-state index < -0.39 is 0 Å². The van der Waals surface area contributed by atoms with E-state index in [4.69, 9.17) is 9.47 Å². The monoisotopic (exact) mass is 259 g/mol. The fourth-order valence-corrected chi connectivity index (χ4v) is 1.89. The number of ether oxygens (including phenoxy) is 2. The van der Waals surface area contributed by atoms with Crippen molar-refractivity contribution in [2.45, 2.75) is 6.92 Å². The van der Waals surface area contributed by atoms with Crippen molar-refractivity contribution < 1.29 is 14.3 Å². The number of carbonyl (C=O) groups excluding carboxylic acids is 1. The molecule has 2 heterocycles. The molecule has 0 saturated heterocycles. The van der Waals surface area contributed by atoms with Crippen LogP contribution < -0.4 is 14.8 Å². The molecule has 0 fully saturated rings. The van der Waals surface area contributed by atoms with Gasteiger partial charge in [0.25, 0.3) is 5.91 Å². The number of nitrogens with one attached hydrogen (secondary N) is 2. The summed E-state index contributed by atoms with van der Waals surface area (Å²) in [7, 11) is 0. The molecule has 0 atom stereocenters. The van der Waals surface area contributed by atoms with E-state index in [0.29, 0.717) is 36.1 Å². The lowest BCUT2D eigenvalue weighted by Crippen LogP contribution is -2.17. The number of benzene rings is 1. The Balaban J connectivity index is 1.80. The SMILES string of the molecule is Cc1cn[nH]c1C(=O)Nc1ccc2c(c1)OCCO2. The molecule has 0 aliphatic carbocycles. The lowest BCUT2D eigenvalue weighted by molar-refractivity contribution is 0.102. The molecule has 1 aliphatic rings. The van der Waals surface area contributed by atoms with Crippen molar-refractivity contribution in [3.8, 4) is 11.5 Å². The second kappa shape index (κ2) is 4.64. The van der Waals surface area contributed by atoms with Crippen LogP contribution in [0.5, 0.6) is 11.5 Å². The van der Waals surface area contributed by atoms with E-state index in [0.717, 1.165) is 5.56 Å². The Morgan fingerprint density at radius 3 is 2.84 bits per heavy atom. The molecule has 2 N–H and O–H groups in total. The number of hydrogen-bond donors (Lipinski definition) is 2. The van der Waals surface area contributed by atoms with E-state index in [9.17, 15) is 4.79 Å². The van der Waals surface area contributed by atoms with Crippen molar-refractivity contribution in [3.63, 3.8) is 0 Å². The number of nitrogens with zero attached hydrogens (tertiary/aromatic N) is 1. The van der Waals surface area contributed by atoms with Gasteiger partial charge in [-0.05, 0) is 24.6 Å². The first-order valence-electron chi connectivity index (χ1n) is 5.95. The number of aromatic amines is 1. The van der Waals surface area contributed by atoms with Gasteiger partial charge in [-0.25, -0.2) is 0 Å². The van der Waals surface area contributed by atoms with E-state index in [1.54, 1.807) is 24.4 Å². The van der Waals surface area contributed by atoms with Crippen molar-refractivity contribution in [1.29, 1.82) is 0 Å². The standard InChI is InChI=1S/C13H13N3O3/c1-8-7-14-16-12(8)13(17)15-9-2-3-10-11(6-9)19-5-4-18-10/h2-3,6-7H,4-5H2,1H3,(H,14,16)(H,15,17). The van der Waals surface area contributed by atoms with Gasteiger partial charge in [0.2, 0.25) is 0 Å². The first-order valence-corrected chi connectivity index (χ1v) is 5.95. The first-order chi connectivity index (χ1) is 9.24. The molecule has 0 saturated carbocycles. The molecule has 0 spiro atoms. The molecule has 19 heavy (non-hydrogen) atoms. The number of hydrogen-bond acceptors (Lipinski definition) is 4. The molecule has 0 radical (unpaired) electrons. The molecule has 6 heteroatoms. The predicted molar refractivity (Wildman–Crippen MR) is 68.7 cm³/mol. The van der Waals surface area contributed by atoms with Crippen LogP contribution in [0.3, 0.4) is 0 Å². The highest BCUT2D eigenvalue weighted by molar-refractivity contribution is 6.03. The third kappa shape index (κ3) is 2.24. The molecule has 1 amide bonds. The van der Waals surface area contributed by atoms with Crippen LogP contribution in [-0.2, 0) is 0 Å². The van der Waals surface area contributed by atoms with Crippen LogP contribution in [-0.4, -0.2) is 29.3 Å². The van der Waals surface area contributed by atoms with Crippen molar-refractivity contribution in [1.82, 2.24) is 10.2 Å². The van der Waals surface area contributed by atoms with Gasteiger partial charge in [-0.3, -0.25) is 9.89 Å². The van der Waals surface area contributed by atoms with E-state index >= 15 is 0 Å². The lowest BCUT2D eigenvalue weighted by Gasteiger charge is -2.18. The normalized spacial score (nSPS) is 13.1. The van der Waals surface area contributed by atoms with Crippen LogP contribution in [0.25, 0.3) is 0 Å². The fourth-order valence-electron chi connectivity index (χ4n) is 1.89. The summed E-state index contributed by atoms with van der Waals surface area (Å²) in [5, 5.41) is 9.28. The number of fused-ring (bicyclic) bond motifs is 1. The maximum Gasteiger partial charge on any atom is 0.273 e. The van der Waals surface area contributed by atoms with Crippen LogP contribution >= 0.6 is 0 Å². The Labute approximate surface area is 109 Å². The minimum Gasteiger partial charge on any atom is -0.486 e. The van der Waals surface area contributed by atoms with Crippen LogP contribution in [0.2, 0.25) is 0 Å². The number of aromatic nitrogens is 2. The zero-order valence-electron chi connectivity index (χ0n) is 10.4. The number of amides is 1. The number of carbonyl (C=O) groups is 1. The smallest absolute Gasteiger partial charge is 0.273 e. The van der Waals surface area contributed by atoms with Gasteiger partial charge < -0.3 is 14.8 Å². The molecule has 1 aromatic heterocycles. The van der Waals surface area contributed by atoms with E-state index in [2.05, 4.69) is 15.5 Å². The van der Waals surface area contributed by atoms with Gasteiger partial charge in [0.15, 0.2) is 11.5 Å². The number of rotatable bonds is 2. The molecule has 6 nitrogen and oxygen atoms in total. The topological polar surface area (TPSA) is 76.2 Å². The van der Waals surface area contributed by atoms with E-state index in [-0.39, 0.29) is 5.91 Å². The first kappa shape index (κ1) is 11.6. The fraction of sp³-hybridized carbons (Fsp3) is 0.231. The Kier molecular flexibility index (Phi) is 2.83. The summed E-state index contributed by atoms with van der Waals surface area (Å²) in [6.07, 6.45) is 1.61. The quantitative estimate of drug-likeness (QED) is 0.861. The highest BCUT2D eigenvalue weighted by atomic mass is 16.6. The Hall–Kier alpha value is -2.50. The second-order valence-electron chi connectivity index (χ2n) is 4.24. The summed E-state index contributed by atoms with van der Waals surface area (Å²) in [6.45, 7) is 2.89. The zero-order chi connectivity index (χ0) is 13.2. The van der Waals surface area contributed by atoms with Gasteiger partial charge in [0, 0.05) is 11.8 Å². The molecule has 3 rings (SSSR count). The third-order valence-electron chi connectivity index (χ3n) is 2.86. The number of aryl methyl sites for hydroxylation is 1. The van der Waals surface area contributed by atoms with Gasteiger partial charge in [0.05, 0.1) is 6.20 Å². The maximum atomic E-state index is 12.0. The zero-order valence-corrected chi connectivity index (χ0v) is 10.4. The van der Waals surface area contributed by atoms with E-state index in [1.165, 1.54) is 0 Å². The molecular weight excluding hydrogens is 246 g/mol. The molecule has 98 valence electrons. The lowest BCUT2D eigenvalue weighted by atomic mass is 10.2. The second-order valence-corrected chi connectivity index (χ2v) is 4.24. The molecule has 1 aliphatic heterocycles. The largest absolute Gasteiger partial charge is 0.486 e. The average molecular weight is 259 g/mol. The molecular formula is C13H13N3O3. The average Bonchev–Trinajstić information content (AvgIpc) is 2.85. The highest BCUT2D eigenvalue weighted by Gasteiger charge is 2.15. The van der Waals surface area contributed by atoms with Gasteiger partial charge in [-0.2, -0.15) is 5.10 Å². The summed E-state index contributed by atoms with van der Waals surface area (Å²) in [4.78, 5) is 12.0. The van der Waals surface area contributed by atoms with Gasteiger partial charge in [0.1, 0.15) is 18.9 Å². The van der Waals surface area contributed by atoms with Crippen LogP contribution in [0, 0.1) is 6.92 Å². The summed E-state index contributed by atoms with van der Waals surface area (Å²) < 4.78 is 10.9. The maximum absolute atomic E-state index is 12.0. The third-order valence-corrected chi connectivity index (χ3v) is 2.86. The number of H-pyrrole nitrogens is 1. The van der Waals surface area contributed by atoms with E-state index in [1.807, 2.05) is 6.92 Å². The van der Waals surface area contributed by atoms with Crippen LogP contribution in [0.4, 0.5) is 5.69 Å². The predicted octanol–water partition coefficient (Wildman–Crippen LogP) is 1.74. The number of anilines is 1. The molecule has 2 aromatic rings. The van der Waals surface area contributed by atoms with Crippen LogP contribution in [0.15, 0.2) is 24.4 Å². The minimum absolute atomic E-state index is 0.230. The van der Waals surface area contributed by atoms with Crippen molar-refractivity contribution >= 4 is 11.6 Å². The van der Waals surface area contributed by atoms with Crippen molar-refractivity contribution in [2.24, 2.45) is 0 Å². The van der Waals surface area contributed by atoms with Crippen molar-refractivity contribution in [3.05, 3.63) is 35.7 Å². The summed E-state index contributed by atoms with van der Waals surface area (Å²) in [5.74, 6) is 1.11. The Morgan fingerprint density at radius 2 is 2.11 bits per heavy atom. The molecule has 0 unspecified atom stereocenters. The van der Waals surface area contributed by atoms with Crippen LogP contribution in [0.1, 0.15) is 16.1 Å². The molecule has 1 aromatic carbocycles. The summed E-state index contributed by atoms with van der Waals surface area (Å²) in [5.41, 5.74) is 1.91. The Bertz CT molecular complexity index is 621. The molecule has 0 bridgehead atoms. The van der Waals surface area contributed by atoms with Crippen molar-refractivity contribution in [2.75, 3.05) is 18.5 Å². The highest BCUT2D eigenvalue weighted by Crippen LogP contribution is 2.32. The summed E-state index contributed by atoms with van der Waals surface area (Å²) in [6, 6.07) is 5.30. The minimum atomic E-state index is -0.230. The van der Waals surface area contributed by atoms with Gasteiger partial charge in [-0.15, -0.1) is 0 Å². The summed E-state index contributed by atoms with van der Waals surface area (Å²) >= 11 is 0. The van der Waals surface area contributed by atoms with Gasteiger partial charge >= 0.3 is 0 Å². The van der Waals surface area contributed by atoms with Gasteiger partial charge in [-0.1, -0.05) is 0 Å². The Morgan fingerprint density at radius 1 is 1.32 bits per heavy atom.